The molecule has 108 valence electrons. The van der Waals surface area contributed by atoms with Crippen LogP contribution >= 0.6 is 11.8 Å². The minimum Gasteiger partial charge on any atom is -0.316 e. The van der Waals surface area contributed by atoms with Crippen molar-refractivity contribution < 1.29 is 13.2 Å². The number of halogens is 3. The van der Waals surface area contributed by atoms with Gasteiger partial charge >= 0.3 is 6.18 Å². The maximum atomic E-state index is 12.3. The topological polar surface area (TPSA) is 24.9 Å². The van der Waals surface area contributed by atoms with Gasteiger partial charge in [0.25, 0.3) is 0 Å². The van der Waals surface area contributed by atoms with Gasteiger partial charge in [-0.15, -0.1) is 11.8 Å². The third-order valence-electron chi connectivity index (χ3n) is 2.49. The molecule has 0 saturated carbocycles. The van der Waals surface area contributed by atoms with Gasteiger partial charge in [-0.1, -0.05) is 13.8 Å². The highest BCUT2D eigenvalue weighted by molar-refractivity contribution is 7.99. The van der Waals surface area contributed by atoms with Gasteiger partial charge in [0.2, 0.25) is 0 Å². The van der Waals surface area contributed by atoms with Crippen molar-refractivity contribution in [1.29, 1.82) is 0 Å². The fraction of sp³-hybridized carbons (Fsp3) is 0.615. The highest BCUT2D eigenvalue weighted by atomic mass is 32.2. The molecule has 0 aliphatic heterocycles. The first-order valence-corrected chi connectivity index (χ1v) is 7.25. The molecule has 6 heteroatoms. The summed E-state index contributed by atoms with van der Waals surface area (Å²) in [5, 5.41) is 3.92. The van der Waals surface area contributed by atoms with Crippen molar-refractivity contribution in [3.05, 3.63) is 23.9 Å². The van der Waals surface area contributed by atoms with E-state index in [9.17, 15) is 13.2 Å². The van der Waals surface area contributed by atoms with Crippen LogP contribution in [-0.2, 0) is 6.18 Å². The normalized spacial score (nSPS) is 12.1. The van der Waals surface area contributed by atoms with Gasteiger partial charge in [0.05, 0.1) is 10.6 Å². The van der Waals surface area contributed by atoms with Crippen LogP contribution in [0, 0.1) is 5.92 Å². The Morgan fingerprint density at radius 3 is 2.53 bits per heavy atom. The summed E-state index contributed by atoms with van der Waals surface area (Å²) in [7, 11) is 0. The molecule has 0 amide bonds. The van der Waals surface area contributed by atoms with E-state index in [4.69, 9.17) is 0 Å². The van der Waals surface area contributed by atoms with Crippen LogP contribution in [0.1, 0.15) is 25.8 Å². The summed E-state index contributed by atoms with van der Waals surface area (Å²) in [5.74, 6) is 1.48. The van der Waals surface area contributed by atoms with Crippen molar-refractivity contribution in [3.63, 3.8) is 0 Å². The first kappa shape index (κ1) is 16.3. The van der Waals surface area contributed by atoms with Gasteiger partial charge in [-0.05, 0) is 31.0 Å². The highest BCUT2D eigenvalue weighted by Gasteiger charge is 2.30. The Morgan fingerprint density at radius 2 is 2.00 bits per heavy atom. The Kier molecular flexibility index (Phi) is 6.65. The molecule has 1 aromatic heterocycles. The van der Waals surface area contributed by atoms with Crippen molar-refractivity contribution >= 4 is 11.8 Å². The van der Waals surface area contributed by atoms with E-state index >= 15 is 0 Å². The highest BCUT2D eigenvalue weighted by Crippen LogP contribution is 2.29. The Balaban J connectivity index is 2.23. The summed E-state index contributed by atoms with van der Waals surface area (Å²) in [6.45, 7) is 6.14. The summed E-state index contributed by atoms with van der Waals surface area (Å²) < 4.78 is 37.0. The fourth-order valence-electron chi connectivity index (χ4n) is 1.38. The van der Waals surface area contributed by atoms with Crippen LogP contribution in [0.15, 0.2) is 23.4 Å². The van der Waals surface area contributed by atoms with Gasteiger partial charge in [-0.3, -0.25) is 0 Å². The number of nitrogens with zero attached hydrogens (tertiary/aromatic N) is 1. The smallest absolute Gasteiger partial charge is 0.316 e. The molecule has 0 radical (unpaired) electrons. The molecule has 0 aliphatic rings. The average molecular weight is 292 g/mol. The summed E-state index contributed by atoms with van der Waals surface area (Å²) in [5.41, 5.74) is -0.702. The molecule has 2 nitrogen and oxygen atoms in total. The van der Waals surface area contributed by atoms with Crippen molar-refractivity contribution in [3.8, 4) is 0 Å². The van der Waals surface area contributed by atoms with Crippen molar-refractivity contribution in [1.82, 2.24) is 10.3 Å². The number of rotatable bonds is 7. The van der Waals surface area contributed by atoms with E-state index in [1.54, 1.807) is 0 Å². The predicted molar refractivity (Wildman–Crippen MR) is 72.3 cm³/mol. The zero-order valence-corrected chi connectivity index (χ0v) is 11.9. The number of nitrogens with one attached hydrogen (secondary N) is 1. The Morgan fingerprint density at radius 1 is 1.26 bits per heavy atom. The molecule has 0 aliphatic carbocycles. The van der Waals surface area contributed by atoms with E-state index in [1.165, 1.54) is 17.8 Å². The maximum Gasteiger partial charge on any atom is 0.417 e. The molecular weight excluding hydrogens is 273 g/mol. The lowest BCUT2D eigenvalue weighted by molar-refractivity contribution is -0.137. The second kappa shape index (κ2) is 7.75. The van der Waals surface area contributed by atoms with Gasteiger partial charge in [0.15, 0.2) is 0 Å². The number of aromatic nitrogens is 1. The zero-order chi connectivity index (χ0) is 14.3. The molecule has 0 unspecified atom stereocenters. The van der Waals surface area contributed by atoms with Crippen LogP contribution < -0.4 is 5.32 Å². The second-order valence-electron chi connectivity index (χ2n) is 4.66. The van der Waals surface area contributed by atoms with E-state index in [1.807, 2.05) is 0 Å². The van der Waals surface area contributed by atoms with Crippen LogP contribution in [0.25, 0.3) is 0 Å². The van der Waals surface area contributed by atoms with Gasteiger partial charge in [0, 0.05) is 18.5 Å². The minimum absolute atomic E-state index is 0.624. The van der Waals surface area contributed by atoms with Gasteiger partial charge < -0.3 is 5.32 Å². The largest absolute Gasteiger partial charge is 0.417 e. The molecule has 0 atom stereocenters. The number of hydrogen-bond acceptors (Lipinski definition) is 3. The SMILES string of the molecule is CC(C)CCNCCSc1ccc(C(F)(F)F)cn1. The molecule has 0 aromatic carbocycles. The van der Waals surface area contributed by atoms with Crippen molar-refractivity contribution in [2.24, 2.45) is 5.92 Å². The third-order valence-corrected chi connectivity index (χ3v) is 3.44. The van der Waals surface area contributed by atoms with Crippen molar-refractivity contribution in [2.75, 3.05) is 18.8 Å². The molecule has 1 rings (SSSR count). The average Bonchev–Trinajstić information content (AvgIpc) is 2.32. The van der Waals surface area contributed by atoms with Gasteiger partial charge in [-0.25, -0.2) is 4.98 Å². The van der Waals surface area contributed by atoms with E-state index < -0.39 is 11.7 Å². The molecule has 19 heavy (non-hydrogen) atoms. The van der Waals surface area contributed by atoms with Gasteiger partial charge in [-0.2, -0.15) is 13.2 Å². The van der Waals surface area contributed by atoms with E-state index in [0.717, 1.165) is 37.5 Å². The summed E-state index contributed by atoms with van der Waals surface area (Å²) in [6, 6.07) is 2.49. The monoisotopic (exact) mass is 292 g/mol. The molecule has 0 saturated heterocycles. The van der Waals surface area contributed by atoms with E-state index in [0.29, 0.717) is 10.9 Å². The number of hydrogen-bond donors (Lipinski definition) is 1. The van der Waals surface area contributed by atoms with E-state index in [2.05, 4.69) is 24.1 Å². The molecule has 0 bridgehead atoms. The van der Waals surface area contributed by atoms with Gasteiger partial charge in [0.1, 0.15) is 0 Å². The first-order chi connectivity index (χ1) is 8.89. The predicted octanol–water partition coefficient (Wildman–Crippen LogP) is 3.83. The number of pyridine rings is 1. The standard InChI is InChI=1S/C13H19F3N2S/c1-10(2)5-6-17-7-8-19-12-4-3-11(9-18-12)13(14,15)16/h3-4,9-10,17H,5-8H2,1-2H3. The third kappa shape index (κ3) is 6.82. The lowest BCUT2D eigenvalue weighted by Crippen LogP contribution is -2.19. The van der Waals surface area contributed by atoms with Crippen LogP contribution in [0.5, 0.6) is 0 Å². The van der Waals surface area contributed by atoms with Crippen LogP contribution in [0.4, 0.5) is 13.2 Å². The summed E-state index contributed by atoms with van der Waals surface area (Å²) in [4.78, 5) is 3.81. The lowest BCUT2D eigenvalue weighted by Gasteiger charge is -2.08. The number of alkyl halides is 3. The molecule has 0 fully saturated rings. The molecule has 1 N–H and O–H groups in total. The van der Waals surface area contributed by atoms with Crippen molar-refractivity contribution in [2.45, 2.75) is 31.5 Å². The summed E-state index contributed by atoms with van der Waals surface area (Å²) >= 11 is 1.46. The fourth-order valence-corrected chi connectivity index (χ4v) is 2.12. The Bertz CT molecular complexity index is 363. The quantitative estimate of drug-likeness (QED) is 0.611. The minimum atomic E-state index is -4.31. The maximum absolute atomic E-state index is 12.3. The molecule has 0 spiro atoms. The summed E-state index contributed by atoms with van der Waals surface area (Å²) in [6.07, 6.45) is -2.30. The Hall–Kier alpha value is -0.750. The second-order valence-corrected chi connectivity index (χ2v) is 5.78. The first-order valence-electron chi connectivity index (χ1n) is 6.26. The Labute approximate surface area is 116 Å². The van der Waals surface area contributed by atoms with E-state index in [-0.39, 0.29) is 0 Å². The lowest BCUT2D eigenvalue weighted by atomic mass is 10.1. The van der Waals surface area contributed by atoms with Crippen LogP contribution in [-0.4, -0.2) is 23.8 Å². The van der Waals surface area contributed by atoms with Crippen LogP contribution in [0.3, 0.4) is 0 Å². The number of thioether (sulfide) groups is 1. The molecule has 1 heterocycles. The molecular formula is C13H19F3N2S. The zero-order valence-electron chi connectivity index (χ0n) is 11.1. The molecule has 1 aromatic rings. The van der Waals surface area contributed by atoms with Crippen LogP contribution in [0.2, 0.25) is 0 Å².